The fraction of sp³-hybridized carbons (Fsp3) is 0.438. The molecule has 7 heteroatoms. The monoisotopic (exact) mass is 336 g/mol. The highest BCUT2D eigenvalue weighted by Gasteiger charge is 2.37. The van der Waals surface area contributed by atoms with Gasteiger partial charge in [-0.3, -0.25) is 19.3 Å². The zero-order valence-electron chi connectivity index (χ0n) is 13.6. The second-order valence-corrected chi connectivity index (χ2v) is 6.76. The maximum absolute atomic E-state index is 12.4. The quantitative estimate of drug-likeness (QED) is 0.773. The summed E-state index contributed by atoms with van der Waals surface area (Å²) in [5.41, 5.74) is 0. The first-order valence-corrected chi connectivity index (χ1v) is 8.23. The molecule has 0 unspecified atom stereocenters. The lowest BCUT2D eigenvalue weighted by Gasteiger charge is -2.31. The predicted molar refractivity (Wildman–Crippen MR) is 88.5 cm³/mol. The molecule has 0 aromatic carbocycles. The second kappa shape index (κ2) is 7.04. The number of hydrogen-bond acceptors (Lipinski definition) is 5. The van der Waals surface area contributed by atoms with Crippen molar-refractivity contribution < 1.29 is 18.8 Å². The van der Waals surface area contributed by atoms with Crippen molar-refractivity contribution in [2.45, 2.75) is 39.8 Å². The molecule has 1 aliphatic rings. The molecular formula is C16H20N2O4S. The molecule has 1 aromatic heterocycles. The molecule has 23 heavy (non-hydrogen) atoms. The van der Waals surface area contributed by atoms with Crippen molar-refractivity contribution in [3.05, 3.63) is 29.1 Å². The van der Waals surface area contributed by atoms with Gasteiger partial charge >= 0.3 is 0 Å². The molecule has 0 radical (unpaired) electrons. The van der Waals surface area contributed by atoms with Crippen LogP contribution in [0.1, 0.15) is 33.5 Å². The molecule has 2 heterocycles. The lowest BCUT2D eigenvalue weighted by molar-refractivity contribution is -0.138. The third kappa shape index (κ3) is 3.85. The number of furan rings is 1. The fourth-order valence-corrected chi connectivity index (χ4v) is 3.35. The topological polar surface area (TPSA) is 70.8 Å². The largest absolute Gasteiger partial charge is 0.465 e. The number of hydrogen-bond donors (Lipinski definition) is 0. The van der Waals surface area contributed by atoms with Crippen molar-refractivity contribution in [1.82, 2.24) is 9.80 Å². The number of amides is 3. The van der Waals surface area contributed by atoms with Crippen molar-refractivity contribution in [1.29, 1.82) is 0 Å². The van der Waals surface area contributed by atoms with E-state index in [2.05, 4.69) is 0 Å². The van der Waals surface area contributed by atoms with Gasteiger partial charge in [0.2, 0.25) is 5.91 Å². The molecule has 6 nitrogen and oxygen atoms in total. The van der Waals surface area contributed by atoms with Crippen LogP contribution in [-0.2, 0) is 9.59 Å². The molecule has 1 aliphatic heterocycles. The van der Waals surface area contributed by atoms with E-state index in [-0.39, 0.29) is 29.4 Å². The highest BCUT2D eigenvalue weighted by atomic mass is 32.2. The van der Waals surface area contributed by atoms with Crippen LogP contribution in [0.15, 0.2) is 27.7 Å². The normalized spacial score (nSPS) is 17.0. The van der Waals surface area contributed by atoms with Crippen LogP contribution < -0.4 is 0 Å². The summed E-state index contributed by atoms with van der Waals surface area (Å²) in [6.45, 7) is 7.38. The number of rotatable bonds is 5. The summed E-state index contributed by atoms with van der Waals surface area (Å²) in [7, 11) is 0. The van der Waals surface area contributed by atoms with E-state index in [4.69, 9.17) is 4.42 Å². The van der Waals surface area contributed by atoms with Gasteiger partial charge in [-0.15, -0.1) is 0 Å². The molecule has 1 fully saturated rings. The SMILES string of the molecule is CC(C)N(C(=O)CN1C(=O)S/C(=C\c2ccco2)C1=O)C(C)C. The van der Waals surface area contributed by atoms with Gasteiger partial charge in [-0.2, -0.15) is 0 Å². The summed E-state index contributed by atoms with van der Waals surface area (Å²) in [5.74, 6) is -0.207. The van der Waals surface area contributed by atoms with Gasteiger partial charge in [0.05, 0.1) is 11.2 Å². The maximum Gasteiger partial charge on any atom is 0.294 e. The third-order valence-electron chi connectivity index (χ3n) is 3.38. The van der Waals surface area contributed by atoms with Crippen molar-refractivity contribution in [3.63, 3.8) is 0 Å². The Kier molecular flexibility index (Phi) is 5.30. The molecule has 0 aliphatic carbocycles. The number of nitrogens with zero attached hydrogens (tertiary/aromatic N) is 2. The number of imide groups is 1. The summed E-state index contributed by atoms with van der Waals surface area (Å²) in [6, 6.07) is 3.39. The summed E-state index contributed by atoms with van der Waals surface area (Å²) >= 11 is 0.818. The van der Waals surface area contributed by atoms with Crippen LogP contribution in [-0.4, -0.2) is 45.5 Å². The Morgan fingerprint density at radius 2 is 1.96 bits per heavy atom. The van der Waals surface area contributed by atoms with Crippen molar-refractivity contribution in [2.24, 2.45) is 0 Å². The summed E-state index contributed by atoms with van der Waals surface area (Å²) < 4.78 is 5.15. The fourth-order valence-electron chi connectivity index (χ4n) is 2.53. The average molecular weight is 336 g/mol. The van der Waals surface area contributed by atoms with Crippen molar-refractivity contribution in [3.8, 4) is 0 Å². The van der Waals surface area contributed by atoms with Crippen LogP contribution in [0, 0.1) is 0 Å². The average Bonchev–Trinajstić information content (AvgIpc) is 3.03. The van der Waals surface area contributed by atoms with Gasteiger partial charge in [0, 0.05) is 18.2 Å². The van der Waals surface area contributed by atoms with E-state index >= 15 is 0 Å². The first-order valence-electron chi connectivity index (χ1n) is 7.41. The second-order valence-electron chi connectivity index (χ2n) is 5.77. The first-order chi connectivity index (χ1) is 10.8. The van der Waals surface area contributed by atoms with E-state index in [1.165, 1.54) is 12.3 Å². The Bertz CT molecular complexity index is 627. The predicted octanol–water partition coefficient (Wildman–Crippen LogP) is 2.96. The Labute approximate surface area is 139 Å². The van der Waals surface area contributed by atoms with Crippen molar-refractivity contribution >= 4 is 34.9 Å². The molecule has 0 atom stereocenters. The van der Waals surface area contributed by atoms with E-state index < -0.39 is 11.1 Å². The van der Waals surface area contributed by atoms with Crippen LogP contribution in [0.4, 0.5) is 4.79 Å². The third-order valence-corrected chi connectivity index (χ3v) is 4.29. The van der Waals surface area contributed by atoms with Gasteiger partial charge in [0.25, 0.3) is 11.1 Å². The van der Waals surface area contributed by atoms with Crippen molar-refractivity contribution in [2.75, 3.05) is 6.54 Å². The zero-order chi connectivity index (χ0) is 17.1. The summed E-state index contributed by atoms with van der Waals surface area (Å²) in [6.07, 6.45) is 3.00. The van der Waals surface area contributed by atoms with Crippen LogP contribution in [0.25, 0.3) is 6.08 Å². The van der Waals surface area contributed by atoms with E-state index in [1.54, 1.807) is 17.0 Å². The van der Waals surface area contributed by atoms with Gasteiger partial charge in [-0.1, -0.05) is 0 Å². The molecule has 1 saturated heterocycles. The molecule has 0 N–H and O–H groups in total. The Balaban J connectivity index is 2.13. The molecule has 1 aromatic rings. The standard InChI is InChI=1S/C16H20N2O4S/c1-10(2)18(11(3)4)14(19)9-17-15(20)13(23-16(17)21)8-12-6-5-7-22-12/h5-8,10-11H,9H2,1-4H3/b13-8-. The van der Waals surface area contributed by atoms with Crippen LogP contribution >= 0.6 is 11.8 Å². The van der Waals surface area contributed by atoms with Crippen LogP contribution in [0.3, 0.4) is 0 Å². The molecular weight excluding hydrogens is 316 g/mol. The lowest BCUT2D eigenvalue weighted by Crippen LogP contribution is -2.48. The Morgan fingerprint density at radius 1 is 1.30 bits per heavy atom. The molecule has 3 amide bonds. The summed E-state index contributed by atoms with van der Waals surface area (Å²) in [4.78, 5) is 39.7. The Morgan fingerprint density at radius 3 is 2.48 bits per heavy atom. The van der Waals surface area contributed by atoms with Crippen LogP contribution in [0.2, 0.25) is 0 Å². The first kappa shape index (κ1) is 17.3. The zero-order valence-corrected chi connectivity index (χ0v) is 14.4. The van der Waals surface area contributed by atoms with E-state index in [0.717, 1.165) is 16.7 Å². The lowest BCUT2D eigenvalue weighted by atomic mass is 10.2. The Hall–Kier alpha value is -2.02. The van der Waals surface area contributed by atoms with E-state index in [1.807, 2.05) is 27.7 Å². The highest BCUT2D eigenvalue weighted by molar-refractivity contribution is 8.18. The smallest absolute Gasteiger partial charge is 0.294 e. The number of thioether (sulfide) groups is 1. The van der Waals surface area contributed by atoms with Gasteiger partial charge in [0.15, 0.2) is 0 Å². The van der Waals surface area contributed by atoms with Gasteiger partial charge < -0.3 is 9.32 Å². The molecule has 124 valence electrons. The minimum absolute atomic E-state index is 0.00101. The highest BCUT2D eigenvalue weighted by Crippen LogP contribution is 2.32. The van der Waals surface area contributed by atoms with Gasteiger partial charge in [-0.05, 0) is 51.6 Å². The van der Waals surface area contributed by atoms with Gasteiger partial charge in [0.1, 0.15) is 12.3 Å². The molecule has 0 saturated carbocycles. The van der Waals surface area contributed by atoms with E-state index in [0.29, 0.717) is 5.76 Å². The molecule has 0 bridgehead atoms. The van der Waals surface area contributed by atoms with Crippen LogP contribution in [0.5, 0.6) is 0 Å². The molecule has 0 spiro atoms. The van der Waals surface area contributed by atoms with Gasteiger partial charge in [-0.25, -0.2) is 0 Å². The minimum Gasteiger partial charge on any atom is -0.465 e. The number of carbonyl (C=O) groups excluding carboxylic acids is 3. The molecule has 2 rings (SSSR count). The minimum atomic E-state index is -0.461. The summed E-state index contributed by atoms with van der Waals surface area (Å²) in [5, 5.41) is -0.436. The number of carbonyl (C=O) groups is 3. The van der Waals surface area contributed by atoms with E-state index in [9.17, 15) is 14.4 Å². The maximum atomic E-state index is 12.4.